The number of hydrogen-bond donors (Lipinski definition) is 1. The summed E-state index contributed by atoms with van der Waals surface area (Å²) in [6.45, 7) is 6.07. The van der Waals surface area contributed by atoms with Crippen LogP contribution in [0.3, 0.4) is 0 Å². The highest BCUT2D eigenvalue weighted by Gasteiger charge is 2.22. The van der Waals surface area contributed by atoms with Crippen LogP contribution in [0.15, 0.2) is 24.3 Å². The zero-order chi connectivity index (χ0) is 13.0. The van der Waals surface area contributed by atoms with Crippen molar-refractivity contribution in [2.75, 3.05) is 20.2 Å². The number of para-hydroxylation sites is 1. The Labute approximate surface area is 109 Å². The predicted octanol–water partition coefficient (Wildman–Crippen LogP) is 2.39. The highest BCUT2D eigenvalue weighted by atomic mass is 16.5. The van der Waals surface area contributed by atoms with Gasteiger partial charge in [-0.2, -0.15) is 0 Å². The molecule has 0 radical (unpaired) electrons. The highest BCUT2D eigenvalue weighted by molar-refractivity contribution is 5.37. The van der Waals surface area contributed by atoms with E-state index in [0.717, 1.165) is 31.7 Å². The van der Waals surface area contributed by atoms with Crippen LogP contribution in [0.25, 0.3) is 0 Å². The lowest BCUT2D eigenvalue weighted by Gasteiger charge is -2.23. The summed E-state index contributed by atoms with van der Waals surface area (Å²) in [7, 11) is 1.76. The molecule has 0 saturated carbocycles. The number of ether oxygens (including phenoxy) is 2. The van der Waals surface area contributed by atoms with Crippen molar-refractivity contribution < 1.29 is 9.47 Å². The van der Waals surface area contributed by atoms with Crippen molar-refractivity contribution in [1.29, 1.82) is 0 Å². The predicted molar refractivity (Wildman–Crippen MR) is 73.1 cm³/mol. The fourth-order valence-electron chi connectivity index (χ4n) is 2.12. The molecule has 18 heavy (non-hydrogen) atoms. The van der Waals surface area contributed by atoms with Gasteiger partial charge < -0.3 is 14.8 Å². The summed E-state index contributed by atoms with van der Waals surface area (Å²) in [5.74, 6) is 1.04. The first kappa shape index (κ1) is 13.4. The van der Waals surface area contributed by atoms with Gasteiger partial charge in [-0.15, -0.1) is 0 Å². The smallest absolute Gasteiger partial charge is 0.123 e. The van der Waals surface area contributed by atoms with E-state index in [-0.39, 0.29) is 11.7 Å². The number of fused-ring (bicyclic) bond motifs is 1. The lowest BCUT2D eigenvalue weighted by atomic mass is 10.1. The van der Waals surface area contributed by atoms with E-state index in [9.17, 15) is 0 Å². The number of methoxy groups -OCH3 is 1. The number of rotatable bonds is 6. The summed E-state index contributed by atoms with van der Waals surface area (Å²) >= 11 is 0. The second-order valence-corrected chi connectivity index (χ2v) is 5.47. The van der Waals surface area contributed by atoms with Crippen LogP contribution in [-0.4, -0.2) is 31.9 Å². The molecule has 1 aromatic carbocycles. The summed E-state index contributed by atoms with van der Waals surface area (Å²) in [4.78, 5) is 0. The second-order valence-electron chi connectivity index (χ2n) is 5.47. The van der Waals surface area contributed by atoms with Crippen molar-refractivity contribution in [2.45, 2.75) is 38.4 Å². The van der Waals surface area contributed by atoms with Crippen molar-refractivity contribution in [1.82, 2.24) is 5.32 Å². The molecule has 1 unspecified atom stereocenters. The van der Waals surface area contributed by atoms with E-state index >= 15 is 0 Å². The molecule has 100 valence electrons. The fourth-order valence-corrected chi connectivity index (χ4v) is 2.12. The molecule has 0 amide bonds. The molecule has 3 heteroatoms. The Morgan fingerprint density at radius 3 is 2.89 bits per heavy atom. The van der Waals surface area contributed by atoms with Gasteiger partial charge in [0.1, 0.15) is 11.9 Å². The van der Waals surface area contributed by atoms with Crippen LogP contribution in [-0.2, 0) is 11.2 Å². The van der Waals surface area contributed by atoms with Gasteiger partial charge in [0.25, 0.3) is 0 Å². The van der Waals surface area contributed by atoms with Gasteiger partial charge >= 0.3 is 0 Å². The van der Waals surface area contributed by atoms with Crippen molar-refractivity contribution in [3.63, 3.8) is 0 Å². The molecular weight excluding hydrogens is 226 g/mol. The zero-order valence-electron chi connectivity index (χ0n) is 11.5. The Hall–Kier alpha value is -1.06. The van der Waals surface area contributed by atoms with Crippen LogP contribution in [0.2, 0.25) is 0 Å². The van der Waals surface area contributed by atoms with E-state index in [4.69, 9.17) is 9.47 Å². The minimum atomic E-state index is -0.0491. The van der Waals surface area contributed by atoms with E-state index in [1.807, 2.05) is 12.1 Å². The maximum atomic E-state index is 5.87. The molecule has 1 aliphatic rings. The number of hydrogen-bond acceptors (Lipinski definition) is 3. The maximum Gasteiger partial charge on any atom is 0.123 e. The van der Waals surface area contributed by atoms with E-state index in [1.165, 1.54) is 5.56 Å². The van der Waals surface area contributed by atoms with Crippen molar-refractivity contribution in [2.24, 2.45) is 0 Å². The zero-order valence-corrected chi connectivity index (χ0v) is 11.5. The third-order valence-electron chi connectivity index (χ3n) is 3.54. The summed E-state index contributed by atoms with van der Waals surface area (Å²) in [6.07, 6.45) is 2.29. The molecule has 1 aromatic rings. The van der Waals surface area contributed by atoms with Gasteiger partial charge in [0.15, 0.2) is 0 Å². The van der Waals surface area contributed by atoms with Gasteiger partial charge in [-0.1, -0.05) is 18.2 Å². The SMILES string of the molecule is COC(C)(C)CCNCC1Cc2ccccc2O1. The summed E-state index contributed by atoms with van der Waals surface area (Å²) in [5, 5.41) is 3.45. The minimum absolute atomic E-state index is 0.0491. The van der Waals surface area contributed by atoms with Crippen molar-refractivity contribution in [3.8, 4) is 5.75 Å². The molecule has 2 rings (SSSR count). The van der Waals surface area contributed by atoms with E-state index < -0.39 is 0 Å². The lowest BCUT2D eigenvalue weighted by molar-refractivity contribution is 0.0155. The van der Waals surface area contributed by atoms with Crippen molar-refractivity contribution >= 4 is 0 Å². The lowest BCUT2D eigenvalue weighted by Crippen LogP contribution is -2.34. The Morgan fingerprint density at radius 2 is 2.17 bits per heavy atom. The average Bonchev–Trinajstić information content (AvgIpc) is 2.77. The Balaban J connectivity index is 1.68. The molecule has 0 bridgehead atoms. The van der Waals surface area contributed by atoms with Crippen LogP contribution in [0.1, 0.15) is 25.8 Å². The Kier molecular flexibility index (Phi) is 4.25. The Morgan fingerprint density at radius 1 is 1.39 bits per heavy atom. The molecule has 0 aliphatic carbocycles. The molecule has 1 N–H and O–H groups in total. The van der Waals surface area contributed by atoms with E-state index in [1.54, 1.807) is 7.11 Å². The highest BCUT2D eigenvalue weighted by Crippen LogP contribution is 2.27. The fraction of sp³-hybridized carbons (Fsp3) is 0.600. The van der Waals surface area contributed by atoms with Crippen LogP contribution < -0.4 is 10.1 Å². The second kappa shape index (κ2) is 5.72. The van der Waals surface area contributed by atoms with Gasteiger partial charge in [0, 0.05) is 20.1 Å². The minimum Gasteiger partial charge on any atom is -0.488 e. The third-order valence-corrected chi connectivity index (χ3v) is 3.54. The molecule has 0 fully saturated rings. The van der Waals surface area contributed by atoms with E-state index in [0.29, 0.717) is 0 Å². The molecule has 0 saturated heterocycles. The standard InChI is InChI=1S/C15H23NO2/c1-15(2,17-3)8-9-16-11-13-10-12-6-4-5-7-14(12)18-13/h4-7,13,16H,8-11H2,1-3H3. The topological polar surface area (TPSA) is 30.5 Å². The molecule has 1 heterocycles. The first-order valence-corrected chi connectivity index (χ1v) is 6.61. The quantitative estimate of drug-likeness (QED) is 0.785. The van der Waals surface area contributed by atoms with Crippen LogP contribution in [0, 0.1) is 0 Å². The molecule has 1 aliphatic heterocycles. The molecule has 3 nitrogen and oxygen atoms in total. The summed E-state index contributed by atoms with van der Waals surface area (Å²) < 4.78 is 11.3. The summed E-state index contributed by atoms with van der Waals surface area (Å²) in [5.41, 5.74) is 1.27. The van der Waals surface area contributed by atoms with E-state index in [2.05, 4.69) is 31.3 Å². The van der Waals surface area contributed by atoms with Crippen LogP contribution >= 0.6 is 0 Å². The van der Waals surface area contributed by atoms with Gasteiger partial charge in [0.2, 0.25) is 0 Å². The monoisotopic (exact) mass is 249 g/mol. The first-order chi connectivity index (χ1) is 8.61. The normalized spacial score (nSPS) is 18.5. The molecule has 0 spiro atoms. The third kappa shape index (κ3) is 3.47. The molecule has 0 aromatic heterocycles. The maximum absolute atomic E-state index is 5.87. The average molecular weight is 249 g/mol. The van der Waals surface area contributed by atoms with Gasteiger partial charge in [-0.25, -0.2) is 0 Å². The molecular formula is C15H23NO2. The number of benzene rings is 1. The summed E-state index contributed by atoms with van der Waals surface area (Å²) in [6, 6.07) is 8.28. The van der Waals surface area contributed by atoms with Gasteiger partial charge in [0.05, 0.1) is 5.60 Å². The Bertz CT molecular complexity index is 365. The molecule has 1 atom stereocenters. The van der Waals surface area contributed by atoms with Crippen molar-refractivity contribution in [3.05, 3.63) is 29.8 Å². The first-order valence-electron chi connectivity index (χ1n) is 6.61. The van der Waals surface area contributed by atoms with Gasteiger partial charge in [-0.3, -0.25) is 0 Å². The largest absolute Gasteiger partial charge is 0.488 e. The van der Waals surface area contributed by atoms with Gasteiger partial charge in [-0.05, 0) is 38.4 Å². The van der Waals surface area contributed by atoms with Crippen LogP contribution in [0.5, 0.6) is 5.75 Å². The van der Waals surface area contributed by atoms with Crippen LogP contribution in [0.4, 0.5) is 0 Å². The number of nitrogens with one attached hydrogen (secondary N) is 1.